The van der Waals surface area contributed by atoms with E-state index in [1.807, 2.05) is 18.2 Å². The Morgan fingerprint density at radius 1 is 1.57 bits per heavy atom. The Labute approximate surface area is 89.4 Å². The van der Waals surface area contributed by atoms with Crippen molar-refractivity contribution >= 4 is 27.3 Å². The van der Waals surface area contributed by atoms with E-state index in [1.165, 1.54) is 5.56 Å². The van der Waals surface area contributed by atoms with E-state index in [0.29, 0.717) is 6.54 Å². The smallest absolute Gasteiger partial charge is 0.0676 e. The standard InChI is InChI=1S/C9H7BrN4/c10-7-2-1-6-3-8(5-12-14-11)13-9(6)4-7/h1-2,4H,3,5H2. The Kier molecular flexibility index (Phi) is 2.52. The Bertz CT molecular complexity index is 446. The van der Waals surface area contributed by atoms with Crippen LogP contribution in [0.3, 0.4) is 0 Å². The van der Waals surface area contributed by atoms with Crippen LogP contribution in [0.2, 0.25) is 0 Å². The van der Waals surface area contributed by atoms with Gasteiger partial charge in [0, 0.05) is 21.5 Å². The normalized spacial score (nSPS) is 13.1. The lowest BCUT2D eigenvalue weighted by Gasteiger charge is -1.95. The third-order valence-corrected chi connectivity index (χ3v) is 2.53. The summed E-state index contributed by atoms with van der Waals surface area (Å²) in [6.07, 6.45) is 0.793. The van der Waals surface area contributed by atoms with Gasteiger partial charge in [0.2, 0.25) is 0 Å². The van der Waals surface area contributed by atoms with Crippen molar-refractivity contribution in [1.82, 2.24) is 0 Å². The molecule has 0 saturated carbocycles. The molecule has 4 nitrogen and oxygen atoms in total. The zero-order valence-electron chi connectivity index (χ0n) is 7.31. The Hall–Kier alpha value is -1.32. The number of nitrogens with zero attached hydrogens (tertiary/aromatic N) is 4. The van der Waals surface area contributed by atoms with Crippen LogP contribution in [0, 0.1) is 0 Å². The second-order valence-corrected chi connectivity index (χ2v) is 3.93. The van der Waals surface area contributed by atoms with E-state index in [0.717, 1.165) is 22.3 Å². The van der Waals surface area contributed by atoms with E-state index in [1.54, 1.807) is 0 Å². The molecule has 1 aromatic carbocycles. The summed E-state index contributed by atoms with van der Waals surface area (Å²) < 4.78 is 1.02. The van der Waals surface area contributed by atoms with Gasteiger partial charge in [0.15, 0.2) is 0 Å². The lowest BCUT2D eigenvalue weighted by Crippen LogP contribution is -2.00. The summed E-state index contributed by atoms with van der Waals surface area (Å²) in [6, 6.07) is 6.00. The minimum absolute atomic E-state index is 0.364. The number of fused-ring (bicyclic) bond motifs is 1. The quantitative estimate of drug-likeness (QED) is 0.439. The van der Waals surface area contributed by atoms with Crippen molar-refractivity contribution in [3.05, 3.63) is 38.7 Å². The molecule has 70 valence electrons. The van der Waals surface area contributed by atoms with Crippen molar-refractivity contribution in [3.63, 3.8) is 0 Å². The Morgan fingerprint density at radius 2 is 2.43 bits per heavy atom. The molecule has 14 heavy (non-hydrogen) atoms. The summed E-state index contributed by atoms with van der Waals surface area (Å²) in [5.41, 5.74) is 11.3. The van der Waals surface area contributed by atoms with E-state index < -0.39 is 0 Å². The van der Waals surface area contributed by atoms with E-state index >= 15 is 0 Å². The number of aliphatic imine (C=N–C) groups is 1. The second kappa shape index (κ2) is 3.82. The summed E-state index contributed by atoms with van der Waals surface area (Å²) in [5.74, 6) is 0. The molecule has 0 spiro atoms. The van der Waals surface area contributed by atoms with E-state index in [2.05, 4.69) is 30.9 Å². The van der Waals surface area contributed by atoms with E-state index in [9.17, 15) is 0 Å². The summed E-state index contributed by atoms with van der Waals surface area (Å²) >= 11 is 3.39. The fraction of sp³-hybridized carbons (Fsp3) is 0.222. The van der Waals surface area contributed by atoms with Gasteiger partial charge in [-0.1, -0.05) is 27.1 Å². The topological polar surface area (TPSA) is 61.1 Å². The lowest BCUT2D eigenvalue weighted by molar-refractivity contribution is 1.22. The van der Waals surface area contributed by atoms with Gasteiger partial charge < -0.3 is 0 Å². The summed E-state index contributed by atoms with van der Waals surface area (Å²) in [6.45, 7) is 0.364. The Balaban J connectivity index is 2.25. The van der Waals surface area contributed by atoms with Crippen LogP contribution >= 0.6 is 15.9 Å². The first-order valence-corrected chi connectivity index (χ1v) is 4.94. The molecular weight excluding hydrogens is 244 g/mol. The van der Waals surface area contributed by atoms with Crippen LogP contribution in [-0.2, 0) is 6.42 Å². The van der Waals surface area contributed by atoms with Crippen LogP contribution in [0.25, 0.3) is 10.4 Å². The summed E-state index contributed by atoms with van der Waals surface area (Å²) in [4.78, 5) is 7.09. The molecule has 5 heteroatoms. The first-order chi connectivity index (χ1) is 6.79. The fourth-order valence-electron chi connectivity index (χ4n) is 1.42. The second-order valence-electron chi connectivity index (χ2n) is 3.02. The summed E-state index contributed by atoms with van der Waals surface area (Å²) in [5, 5.41) is 3.50. The first-order valence-electron chi connectivity index (χ1n) is 4.15. The van der Waals surface area contributed by atoms with Crippen molar-refractivity contribution < 1.29 is 0 Å². The average molecular weight is 251 g/mol. The SMILES string of the molecule is [N-]=[N+]=NCC1=Nc2cc(Br)ccc2C1. The Morgan fingerprint density at radius 3 is 3.21 bits per heavy atom. The van der Waals surface area contributed by atoms with Crippen molar-refractivity contribution in [2.24, 2.45) is 10.1 Å². The van der Waals surface area contributed by atoms with E-state index in [4.69, 9.17) is 5.53 Å². The third-order valence-electron chi connectivity index (χ3n) is 2.04. The maximum atomic E-state index is 8.18. The molecule has 0 aromatic heterocycles. The molecule has 1 aliphatic heterocycles. The summed E-state index contributed by atoms with van der Waals surface area (Å²) in [7, 11) is 0. The van der Waals surface area contributed by atoms with Gasteiger partial charge in [-0.15, -0.1) is 0 Å². The predicted molar refractivity (Wildman–Crippen MR) is 59.0 cm³/mol. The third kappa shape index (κ3) is 1.78. The van der Waals surface area contributed by atoms with Crippen LogP contribution in [0.4, 0.5) is 5.69 Å². The van der Waals surface area contributed by atoms with Crippen LogP contribution in [0.5, 0.6) is 0 Å². The van der Waals surface area contributed by atoms with Gasteiger partial charge >= 0.3 is 0 Å². The van der Waals surface area contributed by atoms with Crippen molar-refractivity contribution in [2.45, 2.75) is 6.42 Å². The zero-order valence-corrected chi connectivity index (χ0v) is 8.90. The van der Waals surface area contributed by atoms with Gasteiger partial charge in [-0.2, -0.15) is 0 Å². The van der Waals surface area contributed by atoms with Crippen molar-refractivity contribution in [1.29, 1.82) is 0 Å². The van der Waals surface area contributed by atoms with Crippen LogP contribution in [0.1, 0.15) is 5.56 Å². The number of benzene rings is 1. The van der Waals surface area contributed by atoms with Gasteiger partial charge in [-0.3, -0.25) is 4.99 Å². The fourth-order valence-corrected chi connectivity index (χ4v) is 1.77. The van der Waals surface area contributed by atoms with Gasteiger partial charge in [0.1, 0.15) is 0 Å². The molecule has 1 heterocycles. The predicted octanol–water partition coefficient (Wildman–Crippen LogP) is 3.39. The molecule has 2 rings (SSSR count). The average Bonchev–Trinajstić information content (AvgIpc) is 2.56. The van der Waals surface area contributed by atoms with Crippen molar-refractivity contribution in [3.8, 4) is 0 Å². The largest absolute Gasteiger partial charge is 0.257 e. The van der Waals surface area contributed by atoms with Gasteiger partial charge in [-0.25, -0.2) is 0 Å². The highest BCUT2D eigenvalue weighted by Gasteiger charge is 2.13. The van der Waals surface area contributed by atoms with Crippen LogP contribution in [0.15, 0.2) is 32.8 Å². The minimum atomic E-state index is 0.364. The molecule has 1 aromatic rings. The minimum Gasteiger partial charge on any atom is -0.257 e. The number of rotatable bonds is 2. The number of hydrogen-bond acceptors (Lipinski definition) is 2. The highest BCUT2D eigenvalue weighted by molar-refractivity contribution is 9.10. The highest BCUT2D eigenvalue weighted by Crippen LogP contribution is 2.29. The van der Waals surface area contributed by atoms with Gasteiger partial charge in [-0.05, 0) is 23.2 Å². The highest BCUT2D eigenvalue weighted by atomic mass is 79.9. The molecule has 0 unspecified atom stereocenters. The molecule has 0 bridgehead atoms. The molecule has 0 radical (unpaired) electrons. The molecule has 1 aliphatic rings. The molecule has 0 aliphatic carbocycles. The van der Waals surface area contributed by atoms with Crippen LogP contribution in [-0.4, -0.2) is 12.3 Å². The van der Waals surface area contributed by atoms with Crippen LogP contribution < -0.4 is 0 Å². The molecule has 0 atom stereocenters. The maximum Gasteiger partial charge on any atom is 0.0676 e. The molecule has 0 saturated heterocycles. The zero-order chi connectivity index (χ0) is 9.97. The number of azide groups is 1. The number of halogens is 1. The maximum absolute atomic E-state index is 8.18. The first kappa shape index (κ1) is 9.24. The van der Waals surface area contributed by atoms with Gasteiger partial charge in [0.25, 0.3) is 0 Å². The van der Waals surface area contributed by atoms with E-state index in [-0.39, 0.29) is 0 Å². The lowest BCUT2D eigenvalue weighted by atomic mass is 10.1. The molecule has 0 N–H and O–H groups in total. The molecule has 0 amide bonds. The van der Waals surface area contributed by atoms with Crippen molar-refractivity contribution in [2.75, 3.05) is 6.54 Å². The monoisotopic (exact) mass is 250 g/mol. The van der Waals surface area contributed by atoms with Gasteiger partial charge in [0.05, 0.1) is 12.2 Å². The molecular formula is C9H7BrN4. The molecule has 0 fully saturated rings. The number of hydrogen-bond donors (Lipinski definition) is 0.